The van der Waals surface area contributed by atoms with Crippen LogP contribution in [0.5, 0.6) is 23.0 Å². The van der Waals surface area contributed by atoms with Crippen LogP contribution in [0.2, 0.25) is 0 Å². The molecule has 1 heterocycles. The Morgan fingerprint density at radius 3 is 1.52 bits per heavy atom. The summed E-state index contributed by atoms with van der Waals surface area (Å²) >= 11 is 0. The molecule has 0 spiro atoms. The van der Waals surface area contributed by atoms with Crippen molar-refractivity contribution in [2.45, 2.75) is 26.1 Å². The summed E-state index contributed by atoms with van der Waals surface area (Å²) in [6, 6.07) is 10.6. The lowest BCUT2D eigenvalue weighted by atomic mass is 9.85. The quantitative estimate of drug-likeness (QED) is 0.870. The van der Waals surface area contributed by atoms with Crippen molar-refractivity contribution in [1.29, 1.82) is 0 Å². The molecule has 134 valence electrons. The van der Waals surface area contributed by atoms with Gasteiger partial charge in [0, 0.05) is 0 Å². The minimum Gasteiger partial charge on any atom is -0.504 e. The van der Waals surface area contributed by atoms with Crippen molar-refractivity contribution in [2.75, 3.05) is 14.2 Å². The number of methoxy groups -OCH3 is 2. The van der Waals surface area contributed by atoms with E-state index in [9.17, 15) is 10.2 Å². The molecule has 1 aliphatic rings. The summed E-state index contributed by atoms with van der Waals surface area (Å²) in [4.78, 5) is 0. The highest BCUT2D eigenvalue weighted by Crippen LogP contribution is 2.50. The van der Waals surface area contributed by atoms with E-state index in [4.69, 9.17) is 14.2 Å². The summed E-state index contributed by atoms with van der Waals surface area (Å²) in [5, 5.41) is 19.6. The Bertz CT molecular complexity index is 694. The first kappa shape index (κ1) is 17.4. The number of ether oxygens (including phenoxy) is 3. The predicted octanol–water partition coefficient (Wildman–Crippen LogP) is 4.20. The van der Waals surface area contributed by atoms with Gasteiger partial charge in [0.05, 0.1) is 26.4 Å². The third-order valence-corrected chi connectivity index (χ3v) is 5.14. The van der Waals surface area contributed by atoms with Gasteiger partial charge in [-0.1, -0.05) is 26.0 Å². The van der Waals surface area contributed by atoms with Crippen LogP contribution in [0.3, 0.4) is 0 Å². The van der Waals surface area contributed by atoms with Crippen LogP contribution in [0.25, 0.3) is 0 Å². The second kappa shape index (κ2) is 6.84. The van der Waals surface area contributed by atoms with Gasteiger partial charge in [-0.3, -0.25) is 0 Å². The molecule has 0 bridgehead atoms. The first-order valence-electron chi connectivity index (χ1n) is 8.35. The van der Waals surface area contributed by atoms with E-state index in [2.05, 4.69) is 13.8 Å². The third-order valence-electron chi connectivity index (χ3n) is 5.14. The molecular formula is C20H24O5. The van der Waals surface area contributed by atoms with Gasteiger partial charge in [0.15, 0.2) is 23.0 Å². The van der Waals surface area contributed by atoms with Gasteiger partial charge in [-0.15, -0.1) is 0 Å². The van der Waals surface area contributed by atoms with E-state index >= 15 is 0 Å². The van der Waals surface area contributed by atoms with Crippen LogP contribution in [-0.4, -0.2) is 24.4 Å². The maximum Gasteiger partial charge on any atom is 0.160 e. The van der Waals surface area contributed by atoms with Gasteiger partial charge in [0.1, 0.15) is 0 Å². The number of rotatable bonds is 4. The highest BCUT2D eigenvalue weighted by atomic mass is 16.5. The van der Waals surface area contributed by atoms with Crippen LogP contribution >= 0.6 is 0 Å². The van der Waals surface area contributed by atoms with Gasteiger partial charge >= 0.3 is 0 Å². The molecule has 1 fully saturated rings. The van der Waals surface area contributed by atoms with E-state index in [0.29, 0.717) is 11.5 Å². The van der Waals surface area contributed by atoms with E-state index in [-0.39, 0.29) is 35.5 Å². The molecule has 0 aliphatic carbocycles. The Balaban J connectivity index is 1.91. The van der Waals surface area contributed by atoms with E-state index in [1.807, 2.05) is 24.3 Å². The molecule has 1 saturated heterocycles. The summed E-state index contributed by atoms with van der Waals surface area (Å²) in [7, 11) is 3.07. The standard InChI is InChI=1S/C20H24O5/c1-11-12(2)20(14-6-8-16(22)18(10-14)24-4)25-19(11)13-5-7-15(21)17(9-13)23-3/h5-12,19-22H,1-4H3/t11-,12+,19-,20-/m0/s1. The zero-order valence-electron chi connectivity index (χ0n) is 14.9. The largest absolute Gasteiger partial charge is 0.504 e. The van der Waals surface area contributed by atoms with Crippen LogP contribution in [0, 0.1) is 11.8 Å². The molecule has 2 N–H and O–H groups in total. The maximum atomic E-state index is 9.81. The monoisotopic (exact) mass is 344 g/mol. The van der Waals surface area contributed by atoms with Gasteiger partial charge in [-0.2, -0.15) is 0 Å². The van der Waals surface area contributed by atoms with Gasteiger partial charge < -0.3 is 24.4 Å². The number of aromatic hydroxyl groups is 2. The van der Waals surface area contributed by atoms with Crippen molar-refractivity contribution in [3.63, 3.8) is 0 Å². The van der Waals surface area contributed by atoms with E-state index in [1.54, 1.807) is 12.1 Å². The van der Waals surface area contributed by atoms with Crippen LogP contribution < -0.4 is 9.47 Å². The fourth-order valence-corrected chi connectivity index (χ4v) is 3.46. The second-order valence-electron chi connectivity index (χ2n) is 6.56. The Morgan fingerprint density at radius 2 is 1.16 bits per heavy atom. The van der Waals surface area contributed by atoms with Gasteiger partial charge in [-0.25, -0.2) is 0 Å². The Labute approximate surface area is 147 Å². The zero-order chi connectivity index (χ0) is 18.1. The van der Waals surface area contributed by atoms with Crippen molar-refractivity contribution in [1.82, 2.24) is 0 Å². The zero-order valence-corrected chi connectivity index (χ0v) is 14.9. The number of phenols is 2. The SMILES string of the molecule is COc1cc([C@H]2O[C@H](c3ccc(O)c(OC)c3)[C@@H](C)[C@H]2C)ccc1O. The number of hydrogen-bond donors (Lipinski definition) is 2. The molecule has 4 atom stereocenters. The lowest BCUT2D eigenvalue weighted by Crippen LogP contribution is -2.10. The van der Waals surface area contributed by atoms with Crippen molar-refractivity contribution in [3.05, 3.63) is 47.5 Å². The summed E-state index contributed by atoms with van der Waals surface area (Å²) in [5.74, 6) is 1.67. The van der Waals surface area contributed by atoms with Gasteiger partial charge in [-0.05, 0) is 47.2 Å². The Morgan fingerprint density at radius 1 is 0.760 bits per heavy atom. The molecule has 3 rings (SSSR count). The van der Waals surface area contributed by atoms with Crippen LogP contribution in [0.15, 0.2) is 36.4 Å². The predicted molar refractivity (Wildman–Crippen MR) is 94.2 cm³/mol. The molecule has 0 aromatic heterocycles. The summed E-state index contributed by atoms with van der Waals surface area (Å²) in [6.07, 6.45) is -0.205. The van der Waals surface area contributed by atoms with Crippen LogP contribution in [-0.2, 0) is 4.74 Å². The molecule has 2 aromatic carbocycles. The molecule has 5 nitrogen and oxygen atoms in total. The minimum atomic E-state index is -0.103. The first-order valence-corrected chi connectivity index (χ1v) is 8.35. The Kier molecular flexibility index (Phi) is 4.77. The highest BCUT2D eigenvalue weighted by Gasteiger charge is 2.41. The average molecular weight is 344 g/mol. The van der Waals surface area contributed by atoms with Crippen molar-refractivity contribution < 1.29 is 24.4 Å². The summed E-state index contributed by atoms with van der Waals surface area (Å²) < 4.78 is 16.8. The first-order chi connectivity index (χ1) is 12.0. The van der Waals surface area contributed by atoms with E-state index < -0.39 is 0 Å². The smallest absolute Gasteiger partial charge is 0.160 e. The second-order valence-corrected chi connectivity index (χ2v) is 6.56. The average Bonchev–Trinajstić information content (AvgIpc) is 2.91. The molecule has 2 aromatic rings. The number of phenolic OH excluding ortho intramolecular Hbond substituents is 2. The fourth-order valence-electron chi connectivity index (χ4n) is 3.46. The molecule has 5 heteroatoms. The normalized spacial score (nSPS) is 25.8. The van der Waals surface area contributed by atoms with Crippen LogP contribution in [0.4, 0.5) is 0 Å². The fraction of sp³-hybridized carbons (Fsp3) is 0.400. The van der Waals surface area contributed by atoms with Gasteiger partial charge in [0.2, 0.25) is 0 Å². The summed E-state index contributed by atoms with van der Waals surface area (Å²) in [6.45, 7) is 4.32. The molecule has 0 saturated carbocycles. The highest BCUT2D eigenvalue weighted by molar-refractivity contribution is 5.44. The maximum absolute atomic E-state index is 9.81. The van der Waals surface area contributed by atoms with Crippen LogP contribution in [0.1, 0.15) is 37.2 Å². The number of benzene rings is 2. The Hall–Kier alpha value is -2.40. The lowest BCUT2D eigenvalue weighted by molar-refractivity contribution is 0.0288. The van der Waals surface area contributed by atoms with E-state index in [0.717, 1.165) is 11.1 Å². The third kappa shape index (κ3) is 3.12. The number of hydrogen-bond acceptors (Lipinski definition) is 5. The molecule has 0 unspecified atom stereocenters. The van der Waals surface area contributed by atoms with Gasteiger partial charge in [0.25, 0.3) is 0 Å². The molecule has 0 radical (unpaired) electrons. The van der Waals surface area contributed by atoms with E-state index in [1.165, 1.54) is 14.2 Å². The molecule has 25 heavy (non-hydrogen) atoms. The topological polar surface area (TPSA) is 68.2 Å². The molecular weight excluding hydrogens is 320 g/mol. The van der Waals surface area contributed by atoms with Crippen molar-refractivity contribution in [3.8, 4) is 23.0 Å². The van der Waals surface area contributed by atoms with Crippen molar-refractivity contribution in [2.24, 2.45) is 11.8 Å². The minimum absolute atomic E-state index is 0.103. The van der Waals surface area contributed by atoms with Crippen molar-refractivity contribution >= 4 is 0 Å². The summed E-state index contributed by atoms with van der Waals surface area (Å²) in [5.41, 5.74) is 1.95. The molecule has 0 amide bonds. The molecule has 1 aliphatic heterocycles. The lowest BCUT2D eigenvalue weighted by Gasteiger charge is -2.18.